The van der Waals surface area contributed by atoms with Crippen LogP contribution in [0.5, 0.6) is 0 Å². The summed E-state index contributed by atoms with van der Waals surface area (Å²) in [6.07, 6.45) is -0.0236. The molecule has 0 fully saturated rings. The number of alkyl halides is 2. The van der Waals surface area contributed by atoms with E-state index in [-0.39, 0.29) is 28.7 Å². The number of amides is 1. The molecule has 0 bridgehead atoms. The number of ketones is 1. The third-order valence-electron chi connectivity index (χ3n) is 5.97. The zero-order valence-electron chi connectivity index (χ0n) is 18.2. The van der Waals surface area contributed by atoms with Gasteiger partial charge in [0, 0.05) is 24.8 Å². The van der Waals surface area contributed by atoms with E-state index in [1.54, 1.807) is 6.92 Å². The van der Waals surface area contributed by atoms with E-state index in [1.807, 2.05) is 0 Å². The van der Waals surface area contributed by atoms with E-state index < -0.39 is 30.3 Å². The minimum absolute atomic E-state index is 0.0608. The molecule has 1 amide bonds. The van der Waals surface area contributed by atoms with Gasteiger partial charge in [0.25, 0.3) is 6.43 Å². The number of oxime groups is 1. The summed E-state index contributed by atoms with van der Waals surface area (Å²) in [7, 11) is 0. The quantitative estimate of drug-likeness (QED) is 0.331. The largest absolute Gasteiger partial charge is 0.384 e. The molecule has 0 saturated carbocycles. The molecule has 182 valence electrons. The van der Waals surface area contributed by atoms with Gasteiger partial charge in [-0.05, 0) is 49.4 Å². The molecule has 1 aromatic carbocycles. The first kappa shape index (κ1) is 25.0. The van der Waals surface area contributed by atoms with E-state index in [0.29, 0.717) is 22.6 Å². The van der Waals surface area contributed by atoms with Crippen LogP contribution >= 0.6 is 34.5 Å². The van der Waals surface area contributed by atoms with E-state index in [4.69, 9.17) is 28.0 Å². The Morgan fingerprint density at radius 1 is 1.21 bits per heavy atom. The number of benzene rings is 1. The Balaban J connectivity index is 1.51. The minimum atomic E-state index is -2.63. The van der Waals surface area contributed by atoms with E-state index in [2.05, 4.69) is 10.5 Å². The molecule has 1 aliphatic heterocycles. The lowest BCUT2D eigenvalue weighted by atomic mass is 9.90. The topological polar surface area (TPSA) is 67.8 Å². The van der Waals surface area contributed by atoms with Crippen molar-refractivity contribution in [2.45, 2.75) is 57.5 Å². The number of Topliss-reactive ketones (excluding diaryl/α,β-unsaturated/α-hetero) is 1. The van der Waals surface area contributed by atoms with Crippen LogP contribution in [0.25, 0.3) is 0 Å². The maximum Gasteiger partial charge on any atom is 0.255 e. The lowest BCUT2D eigenvalue weighted by Crippen LogP contribution is -2.28. The lowest BCUT2D eigenvalue weighted by molar-refractivity contribution is -0.121. The van der Waals surface area contributed by atoms with E-state index in [0.717, 1.165) is 35.3 Å². The molecular formula is C23H21Cl2F3N2O3S. The monoisotopic (exact) mass is 532 g/mol. The van der Waals surface area contributed by atoms with Gasteiger partial charge in [-0.25, -0.2) is 13.2 Å². The van der Waals surface area contributed by atoms with Gasteiger partial charge < -0.3 is 10.2 Å². The van der Waals surface area contributed by atoms with Crippen molar-refractivity contribution in [2.75, 3.05) is 6.54 Å². The fourth-order valence-corrected chi connectivity index (χ4v) is 6.06. The summed E-state index contributed by atoms with van der Waals surface area (Å²) in [5.41, 5.74) is 2.37. The van der Waals surface area contributed by atoms with Crippen molar-refractivity contribution in [2.24, 2.45) is 5.16 Å². The Kier molecular flexibility index (Phi) is 7.26. The first-order valence-electron chi connectivity index (χ1n) is 10.7. The van der Waals surface area contributed by atoms with Gasteiger partial charge in [0.2, 0.25) is 5.91 Å². The van der Waals surface area contributed by atoms with Gasteiger partial charge in [0.05, 0.1) is 26.3 Å². The number of halogens is 5. The number of carbonyl (C=O) groups is 2. The number of carbonyl (C=O) groups excluding carboxylic acids is 2. The average molecular weight is 533 g/mol. The summed E-state index contributed by atoms with van der Waals surface area (Å²) in [6.45, 7) is 1.08. The second-order valence-corrected chi connectivity index (χ2v) is 10.3. The fraction of sp³-hybridized carbons (Fsp3) is 0.435. The van der Waals surface area contributed by atoms with Crippen molar-refractivity contribution in [3.8, 4) is 0 Å². The first-order chi connectivity index (χ1) is 16.1. The average Bonchev–Trinajstić information content (AvgIpc) is 3.49. The van der Waals surface area contributed by atoms with Gasteiger partial charge in [0.1, 0.15) is 5.71 Å². The van der Waals surface area contributed by atoms with Crippen LogP contribution in [0, 0.1) is 5.82 Å². The summed E-state index contributed by atoms with van der Waals surface area (Å²) in [5.74, 6) is -1.47. The highest BCUT2D eigenvalue weighted by atomic mass is 35.5. The van der Waals surface area contributed by atoms with Crippen molar-refractivity contribution < 1.29 is 27.6 Å². The van der Waals surface area contributed by atoms with Crippen LogP contribution in [0.1, 0.15) is 63.8 Å². The van der Waals surface area contributed by atoms with Crippen LogP contribution in [0.4, 0.5) is 13.2 Å². The van der Waals surface area contributed by atoms with Gasteiger partial charge in [-0.2, -0.15) is 0 Å². The molecule has 0 spiro atoms. The maximum absolute atomic E-state index is 13.9. The molecule has 34 heavy (non-hydrogen) atoms. The summed E-state index contributed by atoms with van der Waals surface area (Å²) < 4.78 is 38.4. The maximum atomic E-state index is 13.9. The molecule has 1 atom stereocenters. The highest BCUT2D eigenvalue weighted by Crippen LogP contribution is 2.43. The molecule has 0 radical (unpaired) electrons. The Morgan fingerprint density at radius 2 is 1.88 bits per heavy atom. The Bertz CT molecular complexity index is 1160. The zero-order chi connectivity index (χ0) is 24.6. The van der Waals surface area contributed by atoms with E-state index in [9.17, 15) is 22.8 Å². The number of fused-ring (bicyclic) bond motifs is 1. The standard InChI is InChI=1S/C23H21Cl2F3N2O3S/c1-23(11-7-14(24)20(28)15(25)8-11)9-16(30-33-23)21-12-3-2-4-13(12)22(34-21)17(31)5-6-19(32)29-10-18(26)27/h7-8,18H,2-6,9-10H2,1H3,(H,29,32)/t23-/m0/s1. The minimum Gasteiger partial charge on any atom is -0.384 e. The molecule has 2 heterocycles. The Hall–Kier alpha value is -2.10. The number of rotatable bonds is 8. The number of thiophene rings is 1. The van der Waals surface area contributed by atoms with Crippen molar-refractivity contribution in [3.63, 3.8) is 0 Å². The first-order valence-corrected chi connectivity index (χ1v) is 12.3. The SMILES string of the molecule is C[C@@]1(c2cc(Cl)c(F)c(Cl)c2)CC(c2sc(C(=O)CCC(=O)NCC(F)F)c3c2CCC3)=NO1. The second kappa shape index (κ2) is 9.87. The van der Waals surface area contributed by atoms with Crippen LogP contribution in [-0.4, -0.2) is 30.4 Å². The molecule has 5 nitrogen and oxygen atoms in total. The predicted octanol–water partition coefficient (Wildman–Crippen LogP) is 6.07. The normalized spacial score (nSPS) is 19.2. The van der Waals surface area contributed by atoms with Crippen LogP contribution < -0.4 is 5.32 Å². The summed E-state index contributed by atoms with van der Waals surface area (Å²) in [5, 5.41) is 6.18. The molecule has 1 aromatic heterocycles. The smallest absolute Gasteiger partial charge is 0.255 e. The van der Waals surface area contributed by atoms with Crippen molar-refractivity contribution in [1.29, 1.82) is 0 Å². The second-order valence-electron chi connectivity index (χ2n) is 8.48. The van der Waals surface area contributed by atoms with E-state index in [1.165, 1.54) is 23.5 Å². The van der Waals surface area contributed by atoms with Crippen LogP contribution in [0.15, 0.2) is 17.3 Å². The molecule has 4 rings (SSSR count). The van der Waals surface area contributed by atoms with Crippen molar-refractivity contribution in [1.82, 2.24) is 5.32 Å². The highest BCUT2D eigenvalue weighted by Gasteiger charge is 2.40. The summed E-state index contributed by atoms with van der Waals surface area (Å²) >= 11 is 13.2. The van der Waals surface area contributed by atoms with Gasteiger partial charge in [-0.1, -0.05) is 28.4 Å². The number of hydrogen-bond acceptors (Lipinski definition) is 5. The third-order valence-corrected chi connectivity index (χ3v) is 7.89. The van der Waals surface area contributed by atoms with Gasteiger partial charge in [0.15, 0.2) is 17.2 Å². The summed E-state index contributed by atoms with van der Waals surface area (Å²) in [4.78, 5) is 31.8. The molecule has 11 heteroatoms. The van der Waals surface area contributed by atoms with Crippen LogP contribution in [0.3, 0.4) is 0 Å². The molecule has 1 aliphatic carbocycles. The molecular weight excluding hydrogens is 512 g/mol. The van der Waals surface area contributed by atoms with Crippen molar-refractivity contribution in [3.05, 3.63) is 54.4 Å². The molecule has 2 aromatic rings. The molecule has 0 saturated heterocycles. The van der Waals surface area contributed by atoms with Crippen LogP contribution in [-0.2, 0) is 28.1 Å². The number of nitrogens with one attached hydrogen (secondary N) is 1. The van der Waals surface area contributed by atoms with Gasteiger partial charge in [-0.15, -0.1) is 11.3 Å². The predicted molar refractivity (Wildman–Crippen MR) is 125 cm³/mol. The molecule has 1 N–H and O–H groups in total. The number of hydrogen-bond donors (Lipinski definition) is 1. The van der Waals surface area contributed by atoms with Gasteiger partial charge in [-0.3, -0.25) is 9.59 Å². The Labute approximate surface area is 208 Å². The lowest BCUT2D eigenvalue weighted by Gasteiger charge is -2.22. The fourth-order valence-electron chi connectivity index (χ4n) is 4.23. The van der Waals surface area contributed by atoms with E-state index >= 15 is 0 Å². The third kappa shape index (κ3) is 4.97. The zero-order valence-corrected chi connectivity index (χ0v) is 20.5. The molecule has 0 unspecified atom stereocenters. The highest BCUT2D eigenvalue weighted by molar-refractivity contribution is 7.16. The van der Waals surface area contributed by atoms with Crippen LogP contribution in [0.2, 0.25) is 10.0 Å². The Morgan fingerprint density at radius 3 is 2.56 bits per heavy atom. The number of nitrogens with zero attached hydrogens (tertiary/aromatic N) is 1. The van der Waals surface area contributed by atoms with Crippen molar-refractivity contribution >= 4 is 51.9 Å². The summed E-state index contributed by atoms with van der Waals surface area (Å²) in [6, 6.07) is 2.93. The molecule has 2 aliphatic rings. The van der Waals surface area contributed by atoms with Gasteiger partial charge >= 0.3 is 0 Å².